The number of aromatic nitrogens is 2. The van der Waals surface area contributed by atoms with Gasteiger partial charge in [-0.3, -0.25) is 4.72 Å². The highest BCUT2D eigenvalue weighted by Crippen LogP contribution is 2.36. The lowest BCUT2D eigenvalue weighted by atomic mass is 10.1. The van der Waals surface area contributed by atoms with E-state index >= 15 is 0 Å². The molecule has 10 heteroatoms. The summed E-state index contributed by atoms with van der Waals surface area (Å²) in [6, 6.07) is 27.1. The summed E-state index contributed by atoms with van der Waals surface area (Å²) >= 11 is 1.48. The van der Waals surface area contributed by atoms with Crippen LogP contribution in [0.15, 0.2) is 95.2 Å². The molecule has 4 aromatic carbocycles. The first-order chi connectivity index (χ1) is 19.8. The average molecular weight is 578 g/mol. The molecule has 0 saturated carbocycles. The van der Waals surface area contributed by atoms with Crippen molar-refractivity contribution in [3.05, 3.63) is 107 Å². The number of aryl methyl sites for hydroxylation is 2. The van der Waals surface area contributed by atoms with Gasteiger partial charge in [0.25, 0.3) is 10.0 Å². The number of hydrogen-bond donors (Lipinski definition) is 2. The van der Waals surface area contributed by atoms with Crippen LogP contribution >= 0.6 is 11.3 Å². The van der Waals surface area contributed by atoms with Crippen molar-refractivity contribution in [2.24, 2.45) is 0 Å². The summed E-state index contributed by atoms with van der Waals surface area (Å²) in [6.45, 7) is 3.79. The molecule has 6 aromatic rings. The summed E-state index contributed by atoms with van der Waals surface area (Å²) in [5.41, 5.74) is 4.06. The van der Waals surface area contributed by atoms with Crippen LogP contribution in [0.5, 0.6) is 11.6 Å². The summed E-state index contributed by atoms with van der Waals surface area (Å²) in [4.78, 5) is 9.42. The standard InChI is InChI=1S/C31H23N5O3S2/c1-19-15-21(18-32)16-20(2)28(19)39-30-29-27(13-14-40-29)34-31(35-30)33-24-8-10-25(11-9-24)36-41(37,38)26-12-7-22-5-3-4-6-23(22)17-26/h3-17,36H,1-2H3,(H,33,34,35). The first-order valence-electron chi connectivity index (χ1n) is 12.6. The van der Waals surface area contributed by atoms with Crippen molar-refractivity contribution in [3.8, 4) is 17.7 Å². The minimum absolute atomic E-state index is 0.191. The highest BCUT2D eigenvalue weighted by atomic mass is 32.2. The Morgan fingerprint density at radius 3 is 2.29 bits per heavy atom. The van der Waals surface area contributed by atoms with Crippen molar-refractivity contribution in [2.45, 2.75) is 18.7 Å². The molecule has 6 rings (SSSR count). The fourth-order valence-electron chi connectivity index (χ4n) is 4.53. The van der Waals surface area contributed by atoms with Crippen LogP contribution in [0.2, 0.25) is 0 Å². The van der Waals surface area contributed by atoms with E-state index in [9.17, 15) is 13.7 Å². The van der Waals surface area contributed by atoms with Crippen molar-refractivity contribution in [3.63, 3.8) is 0 Å². The third-order valence-electron chi connectivity index (χ3n) is 6.49. The molecule has 0 amide bonds. The summed E-state index contributed by atoms with van der Waals surface area (Å²) in [7, 11) is -3.77. The first kappa shape index (κ1) is 26.3. The fraction of sp³-hybridized carbons (Fsp3) is 0.0645. The van der Waals surface area contributed by atoms with Crippen LogP contribution in [0.25, 0.3) is 21.0 Å². The minimum Gasteiger partial charge on any atom is -0.437 e. The Kier molecular flexibility index (Phi) is 6.75. The number of nitrogens with one attached hydrogen (secondary N) is 2. The van der Waals surface area contributed by atoms with Gasteiger partial charge in [0.1, 0.15) is 10.4 Å². The van der Waals surface area contributed by atoms with E-state index in [-0.39, 0.29) is 4.90 Å². The summed E-state index contributed by atoms with van der Waals surface area (Å²) < 4.78 is 35.7. The number of thiophene rings is 1. The van der Waals surface area contributed by atoms with E-state index in [1.807, 2.05) is 49.6 Å². The second-order valence-electron chi connectivity index (χ2n) is 9.46. The molecule has 2 N–H and O–H groups in total. The molecule has 202 valence electrons. The van der Waals surface area contributed by atoms with Crippen molar-refractivity contribution in [1.29, 1.82) is 5.26 Å². The third-order valence-corrected chi connectivity index (χ3v) is 8.76. The summed E-state index contributed by atoms with van der Waals surface area (Å²) in [5, 5.41) is 16.2. The zero-order valence-corrected chi connectivity index (χ0v) is 23.7. The molecule has 2 heterocycles. The van der Waals surface area contributed by atoms with Gasteiger partial charge in [-0.1, -0.05) is 30.3 Å². The van der Waals surface area contributed by atoms with Crippen LogP contribution in [-0.2, 0) is 10.0 Å². The number of sulfonamides is 1. The molecule has 0 bridgehead atoms. The maximum absolute atomic E-state index is 13.0. The van der Waals surface area contributed by atoms with Crippen LogP contribution < -0.4 is 14.8 Å². The fourth-order valence-corrected chi connectivity index (χ4v) is 6.38. The number of rotatable bonds is 7. The Balaban J connectivity index is 1.23. The van der Waals surface area contributed by atoms with Crippen LogP contribution in [0, 0.1) is 25.2 Å². The Morgan fingerprint density at radius 2 is 1.56 bits per heavy atom. The zero-order chi connectivity index (χ0) is 28.6. The topological polar surface area (TPSA) is 117 Å². The lowest BCUT2D eigenvalue weighted by molar-refractivity contribution is 0.463. The number of nitriles is 1. The second kappa shape index (κ2) is 10.5. The number of benzene rings is 4. The van der Waals surface area contributed by atoms with E-state index in [0.717, 1.165) is 32.1 Å². The van der Waals surface area contributed by atoms with E-state index in [4.69, 9.17) is 4.74 Å². The Bertz CT molecular complexity index is 2060. The van der Waals surface area contributed by atoms with Gasteiger partial charge in [-0.05, 0) is 95.7 Å². The van der Waals surface area contributed by atoms with Gasteiger partial charge in [0.05, 0.1) is 22.0 Å². The van der Waals surface area contributed by atoms with Crippen LogP contribution in [0.1, 0.15) is 16.7 Å². The lowest BCUT2D eigenvalue weighted by Gasteiger charge is -2.13. The molecular weight excluding hydrogens is 555 g/mol. The zero-order valence-electron chi connectivity index (χ0n) is 22.0. The van der Waals surface area contributed by atoms with E-state index in [0.29, 0.717) is 34.5 Å². The molecule has 8 nitrogen and oxygen atoms in total. The highest BCUT2D eigenvalue weighted by molar-refractivity contribution is 7.92. The van der Waals surface area contributed by atoms with E-state index in [1.165, 1.54) is 11.3 Å². The van der Waals surface area contributed by atoms with Gasteiger partial charge in [0.15, 0.2) is 0 Å². The Labute approximate surface area is 241 Å². The van der Waals surface area contributed by atoms with Gasteiger partial charge in [0, 0.05) is 11.4 Å². The highest BCUT2D eigenvalue weighted by Gasteiger charge is 2.17. The normalized spacial score (nSPS) is 11.3. The van der Waals surface area contributed by atoms with Crippen molar-refractivity contribution >= 4 is 59.7 Å². The van der Waals surface area contributed by atoms with Gasteiger partial charge in [-0.2, -0.15) is 10.2 Å². The smallest absolute Gasteiger partial charge is 0.261 e. The maximum Gasteiger partial charge on any atom is 0.261 e. The molecule has 0 spiro atoms. The van der Waals surface area contributed by atoms with Crippen molar-refractivity contribution in [2.75, 3.05) is 10.0 Å². The molecule has 41 heavy (non-hydrogen) atoms. The number of anilines is 3. The molecule has 0 atom stereocenters. The maximum atomic E-state index is 13.0. The van der Waals surface area contributed by atoms with Crippen LogP contribution in [-0.4, -0.2) is 18.4 Å². The molecule has 2 aromatic heterocycles. The van der Waals surface area contributed by atoms with Crippen LogP contribution in [0.4, 0.5) is 17.3 Å². The molecule has 0 fully saturated rings. The number of ether oxygens (including phenoxy) is 1. The molecule has 0 radical (unpaired) electrons. The number of fused-ring (bicyclic) bond motifs is 2. The monoisotopic (exact) mass is 577 g/mol. The molecular formula is C31H23N5O3S2. The third kappa shape index (κ3) is 5.41. The van der Waals surface area contributed by atoms with Gasteiger partial charge in [0.2, 0.25) is 11.8 Å². The second-order valence-corrected chi connectivity index (χ2v) is 12.1. The number of hydrogen-bond acceptors (Lipinski definition) is 8. The Hall–Kier alpha value is -4.98. The van der Waals surface area contributed by atoms with Crippen LogP contribution in [0.3, 0.4) is 0 Å². The van der Waals surface area contributed by atoms with Gasteiger partial charge < -0.3 is 10.1 Å². The number of nitrogens with zero attached hydrogens (tertiary/aromatic N) is 3. The molecule has 0 aliphatic carbocycles. The largest absolute Gasteiger partial charge is 0.437 e. The van der Waals surface area contributed by atoms with Gasteiger partial charge in [-0.15, -0.1) is 11.3 Å². The summed E-state index contributed by atoms with van der Waals surface area (Å²) in [5.74, 6) is 1.38. The molecule has 0 saturated heterocycles. The van der Waals surface area contributed by atoms with Gasteiger partial charge in [-0.25, -0.2) is 13.4 Å². The Morgan fingerprint density at radius 1 is 0.854 bits per heavy atom. The molecule has 0 aliphatic heterocycles. The van der Waals surface area contributed by atoms with E-state index < -0.39 is 10.0 Å². The minimum atomic E-state index is -3.77. The quantitative estimate of drug-likeness (QED) is 0.200. The van der Waals surface area contributed by atoms with Crippen molar-refractivity contribution < 1.29 is 13.2 Å². The van der Waals surface area contributed by atoms with Gasteiger partial charge >= 0.3 is 0 Å². The molecule has 0 unspecified atom stereocenters. The van der Waals surface area contributed by atoms with E-state index in [2.05, 4.69) is 26.1 Å². The van der Waals surface area contributed by atoms with E-state index in [1.54, 1.807) is 54.6 Å². The molecule has 0 aliphatic rings. The first-order valence-corrected chi connectivity index (χ1v) is 15.0. The predicted octanol–water partition coefficient (Wildman–Crippen LogP) is 7.67. The lowest BCUT2D eigenvalue weighted by Crippen LogP contribution is -2.12. The summed E-state index contributed by atoms with van der Waals surface area (Å²) in [6.07, 6.45) is 0. The predicted molar refractivity (Wildman–Crippen MR) is 163 cm³/mol. The van der Waals surface area contributed by atoms with Crippen molar-refractivity contribution in [1.82, 2.24) is 9.97 Å². The SMILES string of the molecule is Cc1cc(C#N)cc(C)c1Oc1nc(Nc2ccc(NS(=O)(=O)c3ccc4ccccc4c3)cc2)nc2ccsc12. The average Bonchev–Trinajstić information content (AvgIpc) is 3.44.